The maximum absolute atomic E-state index is 5.36. The Hall–Kier alpha value is -2.43. The van der Waals surface area contributed by atoms with E-state index in [4.69, 9.17) is 9.51 Å². The Labute approximate surface area is 141 Å². The van der Waals surface area contributed by atoms with Crippen LogP contribution in [0.15, 0.2) is 28.8 Å². The summed E-state index contributed by atoms with van der Waals surface area (Å²) in [6, 6.07) is 8.70. The summed E-state index contributed by atoms with van der Waals surface area (Å²) in [5.41, 5.74) is 4.27. The van der Waals surface area contributed by atoms with Gasteiger partial charge in [0.05, 0.1) is 5.69 Å². The lowest BCUT2D eigenvalue weighted by Gasteiger charge is -2.34. The number of hydrogen-bond donors (Lipinski definition) is 0. The van der Waals surface area contributed by atoms with Crippen LogP contribution >= 0.6 is 0 Å². The van der Waals surface area contributed by atoms with Crippen molar-refractivity contribution in [2.24, 2.45) is 0 Å². The van der Waals surface area contributed by atoms with Crippen LogP contribution in [0.5, 0.6) is 0 Å². The molecule has 0 radical (unpaired) electrons. The van der Waals surface area contributed by atoms with Crippen LogP contribution in [0.2, 0.25) is 0 Å². The molecule has 1 aliphatic heterocycles. The van der Waals surface area contributed by atoms with Gasteiger partial charge in [-0.3, -0.25) is 0 Å². The van der Waals surface area contributed by atoms with E-state index in [0.29, 0.717) is 11.6 Å². The molecule has 0 saturated carbocycles. The number of anilines is 1. The summed E-state index contributed by atoms with van der Waals surface area (Å²) in [6.45, 7) is 8.05. The lowest BCUT2D eigenvalue weighted by atomic mass is 9.88. The summed E-state index contributed by atoms with van der Waals surface area (Å²) in [4.78, 5) is 11.5. The minimum absolute atomic E-state index is 0.533. The predicted molar refractivity (Wildman–Crippen MR) is 94.4 cm³/mol. The number of nitrogens with zero attached hydrogens (tertiary/aromatic N) is 4. The number of rotatable bonds is 2. The third-order valence-corrected chi connectivity index (χ3v) is 4.95. The molecule has 1 saturated heterocycles. The molecule has 0 spiro atoms. The molecule has 3 aromatic rings. The number of aryl methyl sites for hydroxylation is 3. The predicted octanol–water partition coefficient (Wildman–Crippen LogP) is 3.93. The molecule has 5 nitrogen and oxygen atoms in total. The molecule has 1 fully saturated rings. The fraction of sp³-hybridized carbons (Fsp3) is 0.421. The zero-order valence-electron chi connectivity index (χ0n) is 14.4. The molecule has 24 heavy (non-hydrogen) atoms. The van der Waals surface area contributed by atoms with Gasteiger partial charge in [-0.25, -0.2) is 4.98 Å². The topological polar surface area (TPSA) is 55.1 Å². The minimum atomic E-state index is 0.533. The van der Waals surface area contributed by atoms with E-state index < -0.39 is 0 Å². The molecule has 2 aromatic heterocycles. The average molecular weight is 322 g/mol. The Balaban J connectivity index is 1.72. The molecule has 124 valence electrons. The Bertz CT molecular complexity index is 886. The van der Waals surface area contributed by atoms with E-state index >= 15 is 0 Å². The molecule has 0 bridgehead atoms. The monoisotopic (exact) mass is 322 g/mol. The SMILES string of the molecule is Cc1nc(N2CCCC(c3ccccc3C)C2)c2c(C)noc2n1. The van der Waals surface area contributed by atoms with Crippen molar-refractivity contribution in [3.63, 3.8) is 0 Å². The van der Waals surface area contributed by atoms with Crippen molar-refractivity contribution in [3.8, 4) is 0 Å². The first-order valence-electron chi connectivity index (χ1n) is 8.54. The van der Waals surface area contributed by atoms with Crippen molar-refractivity contribution in [2.45, 2.75) is 39.5 Å². The maximum atomic E-state index is 5.36. The molecule has 1 atom stereocenters. The Kier molecular flexibility index (Phi) is 3.71. The first-order chi connectivity index (χ1) is 11.6. The highest BCUT2D eigenvalue weighted by molar-refractivity contribution is 5.88. The standard InChI is InChI=1S/C19H22N4O/c1-12-7-4-5-9-16(12)15-8-6-10-23(11-15)18-17-13(2)22-24-19(17)21-14(3)20-18/h4-5,7,9,15H,6,8,10-11H2,1-3H3. The van der Waals surface area contributed by atoms with E-state index in [2.05, 4.69) is 46.2 Å². The third kappa shape index (κ3) is 2.54. The van der Waals surface area contributed by atoms with E-state index in [9.17, 15) is 0 Å². The lowest BCUT2D eigenvalue weighted by molar-refractivity contribution is 0.442. The molecule has 0 amide bonds. The van der Waals surface area contributed by atoms with Gasteiger partial charge in [-0.2, -0.15) is 4.98 Å². The number of piperidine rings is 1. The molecular weight excluding hydrogens is 300 g/mol. The van der Waals surface area contributed by atoms with Gasteiger partial charge >= 0.3 is 0 Å². The number of benzene rings is 1. The Morgan fingerprint density at radius 1 is 1.12 bits per heavy atom. The smallest absolute Gasteiger partial charge is 0.263 e. The fourth-order valence-electron chi connectivity index (χ4n) is 3.77. The zero-order valence-corrected chi connectivity index (χ0v) is 14.4. The summed E-state index contributed by atoms with van der Waals surface area (Å²) >= 11 is 0. The van der Waals surface area contributed by atoms with Gasteiger partial charge in [0.1, 0.15) is 17.0 Å². The van der Waals surface area contributed by atoms with Gasteiger partial charge in [-0.15, -0.1) is 0 Å². The molecule has 1 aromatic carbocycles. The molecule has 0 N–H and O–H groups in total. The second kappa shape index (κ2) is 5.89. The van der Waals surface area contributed by atoms with Crippen LogP contribution in [0.1, 0.15) is 41.4 Å². The van der Waals surface area contributed by atoms with Gasteiger partial charge in [0.25, 0.3) is 5.71 Å². The maximum Gasteiger partial charge on any atom is 0.263 e. The van der Waals surface area contributed by atoms with Crippen LogP contribution in [0, 0.1) is 20.8 Å². The van der Waals surface area contributed by atoms with Crippen LogP contribution in [-0.2, 0) is 0 Å². The zero-order chi connectivity index (χ0) is 16.7. The first kappa shape index (κ1) is 15.1. The van der Waals surface area contributed by atoms with Gasteiger partial charge in [0.2, 0.25) is 0 Å². The van der Waals surface area contributed by atoms with Crippen molar-refractivity contribution in [1.82, 2.24) is 15.1 Å². The quantitative estimate of drug-likeness (QED) is 0.715. The van der Waals surface area contributed by atoms with Gasteiger partial charge in [-0.1, -0.05) is 29.4 Å². The molecule has 5 heteroatoms. The summed E-state index contributed by atoms with van der Waals surface area (Å²) in [5.74, 6) is 2.23. The van der Waals surface area contributed by atoms with E-state index in [1.807, 2.05) is 13.8 Å². The lowest BCUT2D eigenvalue weighted by Crippen LogP contribution is -2.35. The second-order valence-electron chi connectivity index (χ2n) is 6.68. The third-order valence-electron chi connectivity index (χ3n) is 4.95. The van der Waals surface area contributed by atoms with E-state index in [1.54, 1.807) is 0 Å². The van der Waals surface area contributed by atoms with E-state index in [1.165, 1.54) is 17.5 Å². The number of aromatic nitrogens is 3. The summed E-state index contributed by atoms with van der Waals surface area (Å²) in [6.07, 6.45) is 2.38. The molecule has 3 heterocycles. The van der Waals surface area contributed by atoms with Gasteiger partial charge in [-0.05, 0) is 44.7 Å². The summed E-state index contributed by atoms with van der Waals surface area (Å²) in [5, 5.41) is 5.03. The molecule has 1 unspecified atom stereocenters. The molecule has 4 rings (SSSR count). The minimum Gasteiger partial charge on any atom is -0.355 e. The number of hydrogen-bond acceptors (Lipinski definition) is 5. The van der Waals surface area contributed by atoms with Crippen LogP contribution in [0.25, 0.3) is 11.1 Å². The normalized spacial score (nSPS) is 18.3. The van der Waals surface area contributed by atoms with Gasteiger partial charge in [0.15, 0.2) is 0 Å². The van der Waals surface area contributed by atoms with Crippen molar-refractivity contribution >= 4 is 16.9 Å². The highest BCUT2D eigenvalue weighted by atomic mass is 16.5. The van der Waals surface area contributed by atoms with E-state index in [0.717, 1.165) is 42.2 Å². The molecule has 1 aliphatic rings. The van der Waals surface area contributed by atoms with Gasteiger partial charge in [0, 0.05) is 19.0 Å². The Morgan fingerprint density at radius 3 is 2.79 bits per heavy atom. The van der Waals surface area contributed by atoms with Crippen molar-refractivity contribution in [3.05, 3.63) is 46.9 Å². The summed E-state index contributed by atoms with van der Waals surface area (Å²) in [7, 11) is 0. The highest BCUT2D eigenvalue weighted by Crippen LogP contribution is 2.34. The van der Waals surface area contributed by atoms with Crippen LogP contribution in [-0.4, -0.2) is 28.2 Å². The average Bonchev–Trinajstić information content (AvgIpc) is 2.95. The van der Waals surface area contributed by atoms with Crippen molar-refractivity contribution in [1.29, 1.82) is 0 Å². The van der Waals surface area contributed by atoms with Crippen LogP contribution in [0.3, 0.4) is 0 Å². The Morgan fingerprint density at radius 2 is 1.96 bits per heavy atom. The van der Waals surface area contributed by atoms with Crippen LogP contribution in [0.4, 0.5) is 5.82 Å². The highest BCUT2D eigenvalue weighted by Gasteiger charge is 2.26. The fourth-order valence-corrected chi connectivity index (χ4v) is 3.77. The number of fused-ring (bicyclic) bond motifs is 1. The van der Waals surface area contributed by atoms with Gasteiger partial charge < -0.3 is 9.42 Å². The second-order valence-corrected chi connectivity index (χ2v) is 6.68. The summed E-state index contributed by atoms with van der Waals surface area (Å²) < 4.78 is 5.36. The van der Waals surface area contributed by atoms with E-state index in [-0.39, 0.29) is 0 Å². The largest absolute Gasteiger partial charge is 0.355 e. The van der Waals surface area contributed by atoms with Crippen molar-refractivity contribution < 1.29 is 4.52 Å². The molecule has 0 aliphatic carbocycles. The molecular formula is C19H22N4O. The first-order valence-corrected chi connectivity index (χ1v) is 8.54. The van der Waals surface area contributed by atoms with Crippen molar-refractivity contribution in [2.75, 3.05) is 18.0 Å². The van der Waals surface area contributed by atoms with Crippen LogP contribution < -0.4 is 4.90 Å².